The van der Waals surface area contributed by atoms with Gasteiger partial charge in [0.15, 0.2) is 0 Å². The van der Waals surface area contributed by atoms with E-state index < -0.39 is 16.3 Å². The van der Waals surface area contributed by atoms with Crippen LogP contribution in [0.5, 0.6) is 0 Å². The van der Waals surface area contributed by atoms with Gasteiger partial charge >= 0.3 is 0 Å². The Morgan fingerprint density at radius 2 is 2.10 bits per heavy atom. The molecule has 20 heavy (non-hydrogen) atoms. The summed E-state index contributed by atoms with van der Waals surface area (Å²) in [7, 11) is 1.33. The second-order valence-corrected chi connectivity index (χ2v) is 6.69. The molecule has 1 aromatic heterocycles. The molecule has 0 saturated carbocycles. The zero-order valence-corrected chi connectivity index (χ0v) is 12.6. The topological polar surface area (TPSA) is 87.7 Å². The van der Waals surface area contributed by atoms with Crippen LogP contribution in [0.1, 0.15) is 11.8 Å². The van der Waals surface area contributed by atoms with Gasteiger partial charge in [0.05, 0.1) is 6.61 Å². The lowest BCUT2D eigenvalue weighted by molar-refractivity contribution is -0.00597. The van der Waals surface area contributed by atoms with Crippen LogP contribution >= 0.6 is 0 Å². The van der Waals surface area contributed by atoms with E-state index in [1.807, 2.05) is 0 Å². The molecule has 0 unspecified atom stereocenters. The molecule has 1 aliphatic heterocycles. The fraction of sp³-hybridized carbons (Fsp3) is 0.636. The van der Waals surface area contributed by atoms with Crippen LogP contribution < -0.4 is 5.32 Å². The lowest BCUT2D eigenvalue weighted by atomic mass is 10.2. The molecule has 0 bridgehead atoms. The van der Waals surface area contributed by atoms with Crippen molar-refractivity contribution in [3.63, 3.8) is 0 Å². The van der Waals surface area contributed by atoms with Gasteiger partial charge in [0.1, 0.15) is 17.6 Å². The standard InChI is InChI=1S/C11H19N5O3S/c1-12-11-10(13-4-5-14-11)9-8-16(6-7-19-9)20(17,18)15(2)3/h4-5,9H,6-8H2,1-3H3,(H,12,14)/t9-/m0/s1. The number of nitrogens with one attached hydrogen (secondary N) is 1. The van der Waals surface area contributed by atoms with Crippen molar-refractivity contribution in [2.24, 2.45) is 0 Å². The molecule has 0 radical (unpaired) electrons. The third-order valence-electron chi connectivity index (χ3n) is 3.09. The van der Waals surface area contributed by atoms with Gasteiger partial charge in [0.25, 0.3) is 10.2 Å². The Balaban J connectivity index is 2.23. The summed E-state index contributed by atoms with van der Waals surface area (Å²) < 4.78 is 32.6. The van der Waals surface area contributed by atoms with Crippen LogP contribution in [0.3, 0.4) is 0 Å². The number of aromatic nitrogens is 2. The first kappa shape index (κ1) is 15.1. The van der Waals surface area contributed by atoms with Crippen molar-refractivity contribution >= 4 is 16.0 Å². The molecular formula is C11H19N5O3S. The van der Waals surface area contributed by atoms with Crippen LogP contribution in [0.4, 0.5) is 5.82 Å². The molecule has 1 fully saturated rings. The van der Waals surface area contributed by atoms with Gasteiger partial charge in [0.2, 0.25) is 0 Å². The Bertz CT molecular complexity index is 563. The van der Waals surface area contributed by atoms with E-state index in [0.29, 0.717) is 24.7 Å². The van der Waals surface area contributed by atoms with Gasteiger partial charge in [-0.25, -0.2) is 4.98 Å². The van der Waals surface area contributed by atoms with Crippen LogP contribution in [0.2, 0.25) is 0 Å². The molecule has 0 aliphatic carbocycles. The summed E-state index contributed by atoms with van der Waals surface area (Å²) in [6.07, 6.45) is 2.72. The molecule has 9 heteroatoms. The molecule has 8 nitrogen and oxygen atoms in total. The van der Waals surface area contributed by atoms with Crippen molar-refractivity contribution in [1.29, 1.82) is 0 Å². The Morgan fingerprint density at radius 3 is 2.75 bits per heavy atom. The minimum atomic E-state index is -3.44. The second-order valence-electron chi connectivity index (χ2n) is 4.55. The molecule has 0 amide bonds. The first-order chi connectivity index (χ1) is 9.46. The van der Waals surface area contributed by atoms with Crippen LogP contribution in [0, 0.1) is 0 Å². The smallest absolute Gasteiger partial charge is 0.281 e. The van der Waals surface area contributed by atoms with E-state index in [1.165, 1.54) is 22.7 Å². The van der Waals surface area contributed by atoms with Gasteiger partial charge in [-0.15, -0.1) is 0 Å². The lowest BCUT2D eigenvalue weighted by Gasteiger charge is -2.33. The quantitative estimate of drug-likeness (QED) is 0.821. The van der Waals surface area contributed by atoms with Crippen molar-refractivity contribution in [3.8, 4) is 0 Å². The maximum Gasteiger partial charge on any atom is 0.281 e. The van der Waals surface area contributed by atoms with Crippen LogP contribution in [-0.4, -0.2) is 67.8 Å². The van der Waals surface area contributed by atoms with Gasteiger partial charge in [-0.2, -0.15) is 17.0 Å². The molecule has 0 aromatic carbocycles. The molecule has 1 aromatic rings. The number of hydrogen-bond donors (Lipinski definition) is 1. The fourth-order valence-corrected chi connectivity index (χ4v) is 3.10. The highest BCUT2D eigenvalue weighted by Gasteiger charge is 2.33. The Labute approximate surface area is 118 Å². The summed E-state index contributed by atoms with van der Waals surface area (Å²) in [6, 6.07) is 0. The minimum absolute atomic E-state index is 0.230. The SMILES string of the molecule is CNc1nccnc1[C@@H]1CN(S(=O)(=O)N(C)C)CCO1. The second kappa shape index (κ2) is 6.00. The van der Waals surface area contributed by atoms with E-state index in [0.717, 1.165) is 0 Å². The molecule has 2 heterocycles. The maximum absolute atomic E-state index is 12.2. The molecule has 1 saturated heterocycles. The summed E-state index contributed by atoms with van der Waals surface area (Å²) in [5.74, 6) is 0.599. The third kappa shape index (κ3) is 2.90. The number of hydrogen-bond acceptors (Lipinski definition) is 6. The fourth-order valence-electron chi connectivity index (χ4n) is 2.01. The number of morpholine rings is 1. The molecule has 0 spiro atoms. The van der Waals surface area contributed by atoms with E-state index in [2.05, 4.69) is 15.3 Å². The Hall–Kier alpha value is -1.29. The summed E-state index contributed by atoms with van der Waals surface area (Å²) in [5.41, 5.74) is 0.619. The van der Waals surface area contributed by atoms with E-state index in [4.69, 9.17) is 4.74 Å². The van der Waals surface area contributed by atoms with E-state index >= 15 is 0 Å². The maximum atomic E-state index is 12.2. The Morgan fingerprint density at radius 1 is 1.40 bits per heavy atom. The molecule has 2 rings (SSSR count). The molecule has 1 aliphatic rings. The average Bonchev–Trinajstić information content (AvgIpc) is 2.47. The lowest BCUT2D eigenvalue weighted by Crippen LogP contribution is -2.47. The predicted octanol–water partition coefficient (Wildman–Crippen LogP) is -0.302. The van der Waals surface area contributed by atoms with Gasteiger partial charge < -0.3 is 10.1 Å². The summed E-state index contributed by atoms with van der Waals surface area (Å²) >= 11 is 0. The predicted molar refractivity (Wildman–Crippen MR) is 74.5 cm³/mol. The van der Waals surface area contributed by atoms with Crippen LogP contribution in [0.25, 0.3) is 0 Å². The minimum Gasteiger partial charge on any atom is -0.372 e. The summed E-state index contributed by atoms with van der Waals surface area (Å²) in [6.45, 7) is 0.900. The monoisotopic (exact) mass is 301 g/mol. The largest absolute Gasteiger partial charge is 0.372 e. The van der Waals surface area contributed by atoms with E-state index in [9.17, 15) is 8.42 Å². The number of rotatable bonds is 4. The van der Waals surface area contributed by atoms with Crippen molar-refractivity contribution < 1.29 is 13.2 Å². The molecular weight excluding hydrogens is 282 g/mol. The molecule has 1 N–H and O–H groups in total. The van der Waals surface area contributed by atoms with Gasteiger partial charge in [-0.05, 0) is 0 Å². The zero-order chi connectivity index (χ0) is 14.8. The van der Waals surface area contributed by atoms with E-state index in [-0.39, 0.29) is 6.54 Å². The average molecular weight is 301 g/mol. The first-order valence-electron chi connectivity index (χ1n) is 6.24. The van der Waals surface area contributed by atoms with Crippen LogP contribution in [0.15, 0.2) is 12.4 Å². The highest BCUT2D eigenvalue weighted by atomic mass is 32.2. The zero-order valence-electron chi connectivity index (χ0n) is 11.8. The first-order valence-corrected chi connectivity index (χ1v) is 7.64. The summed E-state index contributed by atoms with van der Waals surface area (Å²) in [4.78, 5) is 8.41. The van der Waals surface area contributed by atoms with Gasteiger partial charge in [0, 0.05) is 46.6 Å². The summed E-state index contributed by atoms with van der Waals surface area (Å²) in [5, 5.41) is 2.94. The van der Waals surface area contributed by atoms with Gasteiger partial charge in [-0.3, -0.25) is 4.98 Å². The number of ether oxygens (including phenoxy) is 1. The highest BCUT2D eigenvalue weighted by molar-refractivity contribution is 7.86. The number of anilines is 1. The Kier molecular flexibility index (Phi) is 4.53. The van der Waals surface area contributed by atoms with Crippen molar-refractivity contribution in [3.05, 3.63) is 18.1 Å². The highest BCUT2D eigenvalue weighted by Crippen LogP contribution is 2.26. The third-order valence-corrected chi connectivity index (χ3v) is 4.99. The number of nitrogens with zero attached hydrogens (tertiary/aromatic N) is 4. The van der Waals surface area contributed by atoms with Crippen molar-refractivity contribution in [2.75, 3.05) is 46.2 Å². The van der Waals surface area contributed by atoms with Gasteiger partial charge in [-0.1, -0.05) is 0 Å². The van der Waals surface area contributed by atoms with Crippen LogP contribution in [-0.2, 0) is 14.9 Å². The molecule has 112 valence electrons. The molecule has 1 atom stereocenters. The van der Waals surface area contributed by atoms with Crippen molar-refractivity contribution in [1.82, 2.24) is 18.6 Å². The van der Waals surface area contributed by atoms with E-state index in [1.54, 1.807) is 19.4 Å². The van der Waals surface area contributed by atoms with Crippen molar-refractivity contribution in [2.45, 2.75) is 6.10 Å². The normalized spacial score (nSPS) is 21.1.